The van der Waals surface area contributed by atoms with Crippen molar-refractivity contribution < 1.29 is 0 Å². The van der Waals surface area contributed by atoms with E-state index in [4.69, 9.17) is 0 Å². The van der Waals surface area contributed by atoms with Crippen LogP contribution in [0.2, 0.25) is 0 Å². The van der Waals surface area contributed by atoms with E-state index in [2.05, 4.69) is 66.9 Å². The molecule has 1 atom stereocenters. The number of hydrogen-bond donors (Lipinski definition) is 0. The van der Waals surface area contributed by atoms with Gasteiger partial charge in [-0.25, -0.2) is 0 Å². The summed E-state index contributed by atoms with van der Waals surface area (Å²) in [4.78, 5) is 2.72. The first-order chi connectivity index (χ1) is 10.1. The van der Waals surface area contributed by atoms with Crippen molar-refractivity contribution in [3.63, 3.8) is 0 Å². The predicted octanol–water partition coefficient (Wildman–Crippen LogP) is 4.68. The Hall–Kier alpha value is -1.70. The molecule has 1 aromatic carbocycles. The van der Waals surface area contributed by atoms with Crippen molar-refractivity contribution in [3.05, 3.63) is 53.3 Å². The second kappa shape index (κ2) is 4.40. The molecule has 1 spiro atoms. The number of fused-ring (bicyclic) bond motifs is 2. The molecule has 1 saturated carbocycles. The lowest BCUT2D eigenvalue weighted by atomic mass is 9.92. The van der Waals surface area contributed by atoms with Crippen LogP contribution in [0.3, 0.4) is 0 Å². The van der Waals surface area contributed by atoms with E-state index in [9.17, 15) is 0 Å². The summed E-state index contributed by atoms with van der Waals surface area (Å²) < 4.78 is 2.37. The molecule has 1 aliphatic heterocycles. The Kier molecular flexibility index (Phi) is 2.72. The van der Waals surface area contributed by atoms with Gasteiger partial charge in [-0.15, -0.1) is 0 Å². The van der Waals surface area contributed by atoms with Gasteiger partial charge in [0.1, 0.15) is 0 Å². The van der Waals surface area contributed by atoms with Gasteiger partial charge in [0, 0.05) is 24.6 Å². The lowest BCUT2D eigenvalue weighted by Gasteiger charge is -2.41. The Labute approximate surface area is 127 Å². The number of aromatic nitrogens is 1. The van der Waals surface area contributed by atoms with Crippen LogP contribution in [0, 0.1) is 6.92 Å². The molecule has 2 aromatic rings. The van der Waals surface area contributed by atoms with Crippen LogP contribution in [0.25, 0.3) is 0 Å². The summed E-state index contributed by atoms with van der Waals surface area (Å²) in [5, 5.41) is 0. The van der Waals surface area contributed by atoms with E-state index in [-0.39, 0.29) is 5.54 Å². The summed E-state index contributed by atoms with van der Waals surface area (Å²) in [7, 11) is 2.22. The normalized spacial score (nSPS) is 23.0. The van der Waals surface area contributed by atoms with Crippen LogP contribution < -0.4 is 4.90 Å². The zero-order chi connectivity index (χ0) is 14.6. The highest BCUT2D eigenvalue weighted by Gasteiger charge is 2.52. The van der Waals surface area contributed by atoms with Crippen LogP contribution >= 0.6 is 0 Å². The van der Waals surface area contributed by atoms with Gasteiger partial charge in [0.05, 0.1) is 11.6 Å². The third-order valence-corrected chi connectivity index (χ3v) is 5.65. The van der Waals surface area contributed by atoms with Crippen molar-refractivity contribution in [2.24, 2.45) is 7.05 Å². The molecule has 2 aliphatic rings. The van der Waals surface area contributed by atoms with Crippen molar-refractivity contribution in [1.29, 1.82) is 0 Å². The molecule has 2 nitrogen and oxygen atoms in total. The van der Waals surface area contributed by atoms with E-state index in [0.717, 1.165) is 0 Å². The minimum atomic E-state index is 0.221. The maximum Gasteiger partial charge on any atom is 0.0813 e. The molecule has 1 aromatic heterocycles. The van der Waals surface area contributed by atoms with Gasteiger partial charge in [0.15, 0.2) is 0 Å². The van der Waals surface area contributed by atoms with Crippen molar-refractivity contribution in [3.8, 4) is 0 Å². The molecule has 0 unspecified atom stereocenters. The number of hydrogen-bond acceptors (Lipinski definition) is 1. The van der Waals surface area contributed by atoms with Crippen molar-refractivity contribution >= 4 is 5.69 Å². The topological polar surface area (TPSA) is 8.17 Å². The van der Waals surface area contributed by atoms with Gasteiger partial charge in [-0.3, -0.25) is 0 Å². The second-order valence-electron chi connectivity index (χ2n) is 6.80. The smallest absolute Gasteiger partial charge is 0.0813 e. The third-order valence-electron chi connectivity index (χ3n) is 5.65. The van der Waals surface area contributed by atoms with E-state index in [1.165, 1.54) is 42.5 Å². The maximum atomic E-state index is 2.72. The minimum Gasteiger partial charge on any atom is -0.353 e. The van der Waals surface area contributed by atoms with Crippen LogP contribution in [0.4, 0.5) is 5.69 Å². The zero-order valence-electron chi connectivity index (χ0n) is 13.3. The first kappa shape index (κ1) is 13.0. The fourth-order valence-corrected chi connectivity index (χ4v) is 4.82. The molecule has 0 saturated heterocycles. The van der Waals surface area contributed by atoms with Crippen molar-refractivity contribution in [2.75, 3.05) is 4.90 Å². The summed E-state index contributed by atoms with van der Waals surface area (Å²) in [6, 6.07) is 11.7. The number of nitrogens with zero attached hydrogens (tertiary/aromatic N) is 2. The molecular formula is C19H24N2. The number of para-hydroxylation sites is 1. The Morgan fingerprint density at radius 3 is 2.52 bits per heavy atom. The lowest BCUT2D eigenvalue weighted by Crippen LogP contribution is -2.41. The molecule has 0 N–H and O–H groups in total. The van der Waals surface area contributed by atoms with Gasteiger partial charge >= 0.3 is 0 Å². The SMILES string of the molecule is Cc1ccccc1N1[C@@H](C)c2ccn(C)c2C12CCCC2. The highest BCUT2D eigenvalue weighted by atomic mass is 15.3. The van der Waals surface area contributed by atoms with E-state index in [0.29, 0.717) is 6.04 Å². The van der Waals surface area contributed by atoms with Crippen LogP contribution in [-0.2, 0) is 12.6 Å². The average molecular weight is 280 g/mol. The molecule has 0 bridgehead atoms. The number of anilines is 1. The van der Waals surface area contributed by atoms with E-state index in [1.54, 1.807) is 5.69 Å². The Morgan fingerprint density at radius 2 is 1.81 bits per heavy atom. The number of aryl methyl sites for hydroxylation is 2. The van der Waals surface area contributed by atoms with E-state index >= 15 is 0 Å². The molecule has 2 heterocycles. The Balaban J connectivity index is 1.94. The molecule has 4 rings (SSSR count). The molecule has 1 fully saturated rings. The largest absolute Gasteiger partial charge is 0.353 e. The number of rotatable bonds is 1. The summed E-state index contributed by atoms with van der Waals surface area (Å²) in [5.41, 5.74) is 6.13. The van der Waals surface area contributed by atoms with Crippen molar-refractivity contribution in [1.82, 2.24) is 4.57 Å². The maximum absolute atomic E-state index is 2.72. The molecule has 2 heteroatoms. The monoisotopic (exact) mass is 280 g/mol. The van der Waals surface area contributed by atoms with Crippen LogP contribution in [-0.4, -0.2) is 4.57 Å². The quantitative estimate of drug-likeness (QED) is 0.736. The highest BCUT2D eigenvalue weighted by molar-refractivity contribution is 5.63. The molecule has 1 aliphatic carbocycles. The van der Waals surface area contributed by atoms with E-state index < -0.39 is 0 Å². The lowest BCUT2D eigenvalue weighted by molar-refractivity contribution is 0.396. The van der Waals surface area contributed by atoms with Crippen LogP contribution in [0.15, 0.2) is 36.5 Å². The highest BCUT2D eigenvalue weighted by Crippen LogP contribution is 2.56. The third kappa shape index (κ3) is 1.59. The molecule has 110 valence electrons. The second-order valence-corrected chi connectivity index (χ2v) is 6.80. The van der Waals surface area contributed by atoms with Crippen LogP contribution in [0.5, 0.6) is 0 Å². The molecule has 0 radical (unpaired) electrons. The Bertz CT molecular complexity index is 677. The van der Waals surface area contributed by atoms with Gasteiger partial charge in [-0.2, -0.15) is 0 Å². The predicted molar refractivity (Wildman–Crippen MR) is 87.6 cm³/mol. The summed E-state index contributed by atoms with van der Waals surface area (Å²) in [6.07, 6.45) is 7.52. The van der Waals surface area contributed by atoms with Gasteiger partial charge in [-0.1, -0.05) is 31.0 Å². The standard InChI is InChI=1S/C19H24N2/c1-14-8-4-5-9-17(14)21-15(2)16-10-13-20(3)18(16)19(21)11-6-7-12-19/h4-5,8-10,13,15H,6-7,11-12H2,1-3H3/t15-/m0/s1. The Morgan fingerprint density at radius 1 is 1.10 bits per heavy atom. The first-order valence-electron chi connectivity index (χ1n) is 8.16. The van der Waals surface area contributed by atoms with Crippen molar-refractivity contribution in [2.45, 2.75) is 51.1 Å². The number of benzene rings is 1. The van der Waals surface area contributed by atoms with Crippen LogP contribution in [0.1, 0.15) is 55.5 Å². The average Bonchev–Trinajstić information content (AvgIpc) is 3.13. The van der Waals surface area contributed by atoms with Gasteiger partial charge in [0.25, 0.3) is 0 Å². The fraction of sp³-hybridized carbons (Fsp3) is 0.474. The zero-order valence-corrected chi connectivity index (χ0v) is 13.3. The van der Waals surface area contributed by atoms with Gasteiger partial charge < -0.3 is 9.47 Å². The fourth-order valence-electron chi connectivity index (χ4n) is 4.82. The molecular weight excluding hydrogens is 256 g/mol. The summed E-state index contributed by atoms with van der Waals surface area (Å²) >= 11 is 0. The molecule has 0 amide bonds. The summed E-state index contributed by atoms with van der Waals surface area (Å²) in [6.45, 7) is 4.62. The first-order valence-corrected chi connectivity index (χ1v) is 8.16. The van der Waals surface area contributed by atoms with Gasteiger partial charge in [-0.05, 0) is 49.9 Å². The van der Waals surface area contributed by atoms with Gasteiger partial charge in [0.2, 0.25) is 0 Å². The van der Waals surface area contributed by atoms with E-state index in [1.807, 2.05) is 0 Å². The molecule has 21 heavy (non-hydrogen) atoms. The summed E-state index contributed by atoms with van der Waals surface area (Å²) in [5.74, 6) is 0. The minimum absolute atomic E-state index is 0.221.